The van der Waals surface area contributed by atoms with Gasteiger partial charge in [-0.15, -0.1) is 0 Å². The third-order valence-electron chi connectivity index (χ3n) is 8.61. The van der Waals surface area contributed by atoms with Gasteiger partial charge in [-0.3, -0.25) is 4.90 Å². The van der Waals surface area contributed by atoms with E-state index in [1.54, 1.807) is 18.2 Å². The van der Waals surface area contributed by atoms with Crippen molar-refractivity contribution < 1.29 is 28.1 Å². The number of imidazole rings is 1. The van der Waals surface area contributed by atoms with Gasteiger partial charge in [0.25, 0.3) is 0 Å². The van der Waals surface area contributed by atoms with E-state index in [1.807, 2.05) is 18.2 Å². The minimum absolute atomic E-state index is 0.113. The maximum absolute atomic E-state index is 14.7. The number of methoxy groups -OCH3 is 1. The van der Waals surface area contributed by atoms with Crippen molar-refractivity contribution in [1.29, 1.82) is 0 Å². The summed E-state index contributed by atoms with van der Waals surface area (Å²) < 4.78 is 39.8. The lowest BCUT2D eigenvalue weighted by molar-refractivity contribution is -0.0593. The van der Waals surface area contributed by atoms with E-state index >= 15 is 0 Å². The molecular formula is C32H32ClFN4O5. The van der Waals surface area contributed by atoms with Crippen molar-refractivity contribution in [3.8, 4) is 11.5 Å². The van der Waals surface area contributed by atoms with Gasteiger partial charge < -0.3 is 23.5 Å². The average molecular weight is 607 g/mol. The zero-order valence-electron chi connectivity index (χ0n) is 23.8. The number of ether oxygens (including phenoxy) is 4. The van der Waals surface area contributed by atoms with Gasteiger partial charge >= 0.3 is 5.97 Å². The van der Waals surface area contributed by atoms with E-state index in [4.69, 9.17) is 35.5 Å². The van der Waals surface area contributed by atoms with Crippen molar-refractivity contribution in [2.45, 2.75) is 50.5 Å². The molecule has 0 aliphatic carbocycles. The number of carbonyl (C=O) groups excluding carboxylic acids is 1. The molecule has 0 unspecified atom stereocenters. The molecule has 11 heteroatoms. The number of rotatable bonds is 7. The molecule has 3 aliphatic rings. The van der Waals surface area contributed by atoms with Crippen LogP contribution in [0.1, 0.15) is 58.7 Å². The van der Waals surface area contributed by atoms with Gasteiger partial charge in [0.15, 0.2) is 28.9 Å². The van der Waals surface area contributed by atoms with Gasteiger partial charge in [0.2, 0.25) is 0 Å². The van der Waals surface area contributed by atoms with E-state index in [1.165, 1.54) is 13.2 Å². The Balaban J connectivity index is 1.07. The Bertz CT molecular complexity index is 1670. The molecule has 2 atom stereocenters. The van der Waals surface area contributed by atoms with Gasteiger partial charge in [-0.1, -0.05) is 29.8 Å². The lowest BCUT2D eigenvalue weighted by Crippen LogP contribution is -2.35. The second-order valence-electron chi connectivity index (χ2n) is 11.3. The Labute approximate surface area is 253 Å². The number of halogens is 2. The number of likely N-dealkylation sites (tertiary alicyclic amines) is 1. The zero-order chi connectivity index (χ0) is 29.5. The maximum Gasteiger partial charge on any atom is 0.356 e. The first-order chi connectivity index (χ1) is 21.0. The summed E-state index contributed by atoms with van der Waals surface area (Å²) in [5.74, 6) is 1.69. The number of piperidine rings is 1. The van der Waals surface area contributed by atoms with E-state index in [0.717, 1.165) is 55.9 Å². The Morgan fingerprint density at radius 1 is 1.09 bits per heavy atom. The second kappa shape index (κ2) is 11.7. The van der Waals surface area contributed by atoms with Crippen molar-refractivity contribution >= 4 is 28.7 Å². The molecule has 7 rings (SSSR count). The van der Waals surface area contributed by atoms with E-state index in [2.05, 4.69) is 20.5 Å². The SMILES string of the molecule is COC(=O)c1ccc2nc(CN3CCC(c4cccc5c4O[C@@H](c4ccc(Cl)cc4F)CO5)CC3)n(C[C@@H]3CCO3)c2n1. The fourth-order valence-electron chi connectivity index (χ4n) is 6.17. The van der Waals surface area contributed by atoms with Crippen molar-refractivity contribution in [3.63, 3.8) is 0 Å². The molecule has 0 saturated carbocycles. The summed E-state index contributed by atoms with van der Waals surface area (Å²) in [7, 11) is 1.35. The van der Waals surface area contributed by atoms with Crippen molar-refractivity contribution in [2.75, 3.05) is 33.4 Å². The Hall–Kier alpha value is -3.73. The summed E-state index contributed by atoms with van der Waals surface area (Å²) in [5.41, 5.74) is 3.20. The highest BCUT2D eigenvalue weighted by Gasteiger charge is 2.32. The first kappa shape index (κ1) is 28.1. The third-order valence-corrected chi connectivity index (χ3v) is 8.84. The zero-order valence-corrected chi connectivity index (χ0v) is 24.6. The molecule has 9 nitrogen and oxygen atoms in total. The van der Waals surface area contributed by atoms with E-state index in [-0.39, 0.29) is 24.3 Å². The number of aromatic nitrogens is 3. The summed E-state index contributed by atoms with van der Waals surface area (Å²) in [6, 6.07) is 14.1. The van der Waals surface area contributed by atoms with Gasteiger partial charge in [0, 0.05) is 22.8 Å². The lowest BCUT2D eigenvalue weighted by atomic mass is 9.88. The molecule has 5 heterocycles. The first-order valence-corrected chi connectivity index (χ1v) is 15.0. The Morgan fingerprint density at radius 3 is 2.67 bits per heavy atom. The number of para-hydroxylation sites is 1. The lowest BCUT2D eigenvalue weighted by Gasteiger charge is -2.35. The molecule has 2 saturated heterocycles. The molecule has 2 aromatic heterocycles. The minimum Gasteiger partial charge on any atom is -0.485 e. The number of hydrogen-bond acceptors (Lipinski definition) is 8. The monoisotopic (exact) mass is 606 g/mol. The molecule has 0 radical (unpaired) electrons. The Morgan fingerprint density at radius 2 is 1.93 bits per heavy atom. The molecule has 0 spiro atoms. The number of benzene rings is 2. The van der Waals surface area contributed by atoms with Crippen LogP contribution in [0.3, 0.4) is 0 Å². The van der Waals surface area contributed by atoms with Crippen molar-refractivity contribution in [3.05, 3.63) is 82.0 Å². The number of hydrogen-bond donors (Lipinski definition) is 0. The van der Waals surface area contributed by atoms with Crippen LogP contribution in [0.15, 0.2) is 48.5 Å². The Kier molecular flexibility index (Phi) is 7.67. The van der Waals surface area contributed by atoms with Gasteiger partial charge in [-0.2, -0.15) is 0 Å². The largest absolute Gasteiger partial charge is 0.485 e. The molecule has 0 N–H and O–H groups in total. The van der Waals surface area contributed by atoms with Gasteiger partial charge in [0.1, 0.15) is 23.8 Å². The topological polar surface area (TPSA) is 87.9 Å². The van der Waals surface area contributed by atoms with Crippen molar-refractivity contribution in [2.24, 2.45) is 0 Å². The highest BCUT2D eigenvalue weighted by atomic mass is 35.5. The van der Waals surface area contributed by atoms with Crippen LogP contribution in [0.25, 0.3) is 11.2 Å². The molecule has 3 aliphatic heterocycles. The summed E-state index contributed by atoms with van der Waals surface area (Å²) in [5, 5.41) is 0.347. The van der Waals surface area contributed by atoms with Crippen molar-refractivity contribution in [1.82, 2.24) is 19.4 Å². The van der Waals surface area contributed by atoms with E-state index < -0.39 is 17.9 Å². The van der Waals surface area contributed by atoms with Crippen LogP contribution in [0.4, 0.5) is 4.39 Å². The summed E-state index contributed by atoms with van der Waals surface area (Å²) in [6.07, 6.45) is 2.40. The molecule has 0 bridgehead atoms. The van der Waals surface area contributed by atoms with Crippen LogP contribution in [-0.2, 0) is 22.6 Å². The number of fused-ring (bicyclic) bond motifs is 2. The highest BCUT2D eigenvalue weighted by Crippen LogP contribution is 2.45. The summed E-state index contributed by atoms with van der Waals surface area (Å²) >= 11 is 5.96. The summed E-state index contributed by atoms with van der Waals surface area (Å²) in [4.78, 5) is 24.1. The molecule has 0 amide bonds. The summed E-state index contributed by atoms with van der Waals surface area (Å²) in [6.45, 7) is 4.03. The molecule has 2 fully saturated rings. The third kappa shape index (κ3) is 5.55. The quantitative estimate of drug-likeness (QED) is 0.248. The smallest absolute Gasteiger partial charge is 0.356 e. The average Bonchev–Trinajstić information content (AvgIpc) is 3.34. The molecular weight excluding hydrogens is 575 g/mol. The highest BCUT2D eigenvalue weighted by molar-refractivity contribution is 6.30. The number of carbonyl (C=O) groups is 1. The number of nitrogens with zero attached hydrogens (tertiary/aromatic N) is 4. The normalized spacial score (nSPS) is 20.6. The maximum atomic E-state index is 14.7. The van der Waals surface area contributed by atoms with E-state index in [0.29, 0.717) is 40.8 Å². The fourth-order valence-corrected chi connectivity index (χ4v) is 6.32. The minimum atomic E-state index is -0.549. The van der Waals surface area contributed by atoms with Crippen LogP contribution in [-0.4, -0.2) is 64.9 Å². The number of pyridine rings is 1. The standard InChI is InChI=1S/C32H32ClFN4O5/c1-40-32(39)26-8-7-25-31(36-26)38(16-21-11-14-41-21)29(35-25)17-37-12-9-19(10-13-37)22-3-2-4-27-30(22)43-28(18-42-27)23-6-5-20(33)15-24(23)34/h2-8,15,19,21,28H,9-14,16-18H2,1H3/t21-,28+/m0/s1. The van der Waals surface area contributed by atoms with E-state index in [9.17, 15) is 9.18 Å². The first-order valence-electron chi connectivity index (χ1n) is 14.6. The predicted molar refractivity (Wildman–Crippen MR) is 157 cm³/mol. The second-order valence-corrected chi connectivity index (χ2v) is 11.7. The molecule has 2 aromatic carbocycles. The fraction of sp³-hybridized carbons (Fsp3) is 0.406. The molecule has 4 aromatic rings. The van der Waals surface area contributed by atoms with Crippen LogP contribution in [0.5, 0.6) is 11.5 Å². The van der Waals surface area contributed by atoms with Gasteiger partial charge in [0.05, 0.1) is 26.3 Å². The van der Waals surface area contributed by atoms with Crippen LogP contribution >= 0.6 is 11.6 Å². The number of esters is 1. The molecule has 43 heavy (non-hydrogen) atoms. The van der Waals surface area contributed by atoms with Gasteiger partial charge in [-0.05, 0) is 68.6 Å². The van der Waals surface area contributed by atoms with Crippen LogP contribution < -0.4 is 9.47 Å². The van der Waals surface area contributed by atoms with Crippen LogP contribution in [0.2, 0.25) is 5.02 Å². The van der Waals surface area contributed by atoms with Crippen LogP contribution in [0, 0.1) is 5.82 Å². The predicted octanol–water partition coefficient (Wildman–Crippen LogP) is 5.69. The van der Waals surface area contributed by atoms with Gasteiger partial charge in [-0.25, -0.2) is 19.2 Å². The molecule has 224 valence electrons.